The van der Waals surface area contributed by atoms with E-state index < -0.39 is 0 Å². The summed E-state index contributed by atoms with van der Waals surface area (Å²) in [6.45, 7) is 4.21. The highest BCUT2D eigenvalue weighted by Crippen LogP contribution is 2.33. The third-order valence-corrected chi connectivity index (χ3v) is 10.2. The second kappa shape index (κ2) is 11.9. The first kappa shape index (κ1) is 30.1. The summed E-state index contributed by atoms with van der Waals surface area (Å²) in [7, 11) is 0. The highest BCUT2D eigenvalue weighted by atomic mass is 14.8. The van der Waals surface area contributed by atoms with Gasteiger partial charge >= 0.3 is 0 Å². The van der Waals surface area contributed by atoms with Gasteiger partial charge in [0, 0.05) is 43.8 Å². The Morgan fingerprint density at radius 1 is 0.250 bits per heavy atom. The number of hydrogen-bond acceptors (Lipinski definition) is 4. The third-order valence-electron chi connectivity index (χ3n) is 10.2. The van der Waals surface area contributed by atoms with E-state index in [1.807, 2.05) is 0 Å². The summed E-state index contributed by atoms with van der Waals surface area (Å²) < 4.78 is 0. The summed E-state index contributed by atoms with van der Waals surface area (Å²) >= 11 is 0. The average molecular weight is 665 g/mol. The zero-order chi connectivity index (χ0) is 34.8. The molecule has 0 unspecified atom stereocenters. The van der Waals surface area contributed by atoms with Crippen molar-refractivity contribution in [3.8, 4) is 45.0 Å². The van der Waals surface area contributed by atoms with Crippen molar-refractivity contribution in [2.45, 2.75) is 13.8 Å². The molecule has 0 N–H and O–H groups in total. The van der Waals surface area contributed by atoms with Gasteiger partial charge in [0.1, 0.15) is 0 Å². The molecule has 0 aliphatic heterocycles. The Labute approximate surface area is 301 Å². The molecule has 10 rings (SSSR count). The Bertz CT molecular complexity index is 2820. The second-order valence-electron chi connectivity index (χ2n) is 13.7. The molecule has 0 radical (unpaired) electrons. The zero-order valence-electron chi connectivity index (χ0n) is 28.8. The number of aromatic nitrogens is 4. The van der Waals surface area contributed by atoms with E-state index >= 15 is 0 Å². The average Bonchev–Trinajstić information content (AvgIpc) is 3.20. The number of aryl methyl sites for hydroxylation is 2. The minimum absolute atomic E-state index is 0.907. The molecule has 4 aromatic heterocycles. The van der Waals surface area contributed by atoms with Gasteiger partial charge < -0.3 is 0 Å². The lowest BCUT2D eigenvalue weighted by Crippen LogP contribution is -1.92. The molecule has 6 aromatic carbocycles. The van der Waals surface area contributed by atoms with Crippen molar-refractivity contribution in [3.63, 3.8) is 0 Å². The molecule has 4 heteroatoms. The largest absolute Gasteiger partial charge is 0.245 e. The van der Waals surface area contributed by atoms with Gasteiger partial charge in [-0.15, -0.1) is 0 Å². The highest BCUT2D eigenvalue weighted by Gasteiger charge is 2.12. The monoisotopic (exact) mass is 664 g/mol. The maximum absolute atomic E-state index is 5.22. The molecule has 0 atom stereocenters. The number of pyridine rings is 4. The molecule has 0 amide bonds. The number of hydrogen-bond donors (Lipinski definition) is 0. The summed E-state index contributed by atoms with van der Waals surface area (Å²) in [6.07, 6.45) is 0. The van der Waals surface area contributed by atoms with Gasteiger partial charge in [-0.1, -0.05) is 132 Å². The molecule has 0 aliphatic rings. The van der Waals surface area contributed by atoms with E-state index in [0.717, 1.165) is 94.0 Å². The number of benzene rings is 6. The van der Waals surface area contributed by atoms with Crippen LogP contribution < -0.4 is 0 Å². The van der Waals surface area contributed by atoms with Crippen LogP contribution in [-0.2, 0) is 0 Å². The van der Waals surface area contributed by atoms with Gasteiger partial charge in [-0.05, 0) is 61.0 Å². The quantitative estimate of drug-likeness (QED) is 0.176. The standard InChI is InChI=1S/C48H32N4/c1-29-3-7-32(8-4-29)41-23-19-34-13-15-36-21-25-43(51-47(36)45(34)49-41)38-17-11-31-12-18-39(28-40(31)27-38)44-26-22-37-16-14-35-20-24-42(50-46(35)48(37)52-44)33-9-5-30(2)6-10-33/h3-28H,1-2H3. The molecule has 4 nitrogen and oxygen atoms in total. The zero-order valence-corrected chi connectivity index (χ0v) is 28.8. The Balaban J connectivity index is 1.05. The summed E-state index contributed by atoms with van der Waals surface area (Å²) in [6, 6.07) is 55.7. The van der Waals surface area contributed by atoms with Crippen molar-refractivity contribution in [1.82, 2.24) is 19.9 Å². The summed E-state index contributed by atoms with van der Waals surface area (Å²) in [4.78, 5) is 20.7. The van der Waals surface area contributed by atoms with Crippen LogP contribution in [0.15, 0.2) is 158 Å². The molecule has 0 fully saturated rings. The van der Waals surface area contributed by atoms with Crippen LogP contribution >= 0.6 is 0 Å². The summed E-state index contributed by atoms with van der Waals surface area (Å²) in [5.74, 6) is 0. The highest BCUT2D eigenvalue weighted by molar-refractivity contribution is 6.05. The Morgan fingerprint density at radius 3 is 0.865 bits per heavy atom. The first-order chi connectivity index (χ1) is 25.5. The number of nitrogens with zero attached hydrogens (tertiary/aromatic N) is 4. The van der Waals surface area contributed by atoms with Gasteiger partial charge in [-0.3, -0.25) is 0 Å². The molecule has 0 saturated heterocycles. The van der Waals surface area contributed by atoms with Crippen LogP contribution in [0.2, 0.25) is 0 Å². The molecular formula is C48H32N4. The van der Waals surface area contributed by atoms with E-state index in [-0.39, 0.29) is 0 Å². The maximum atomic E-state index is 5.22. The Kier molecular flexibility index (Phi) is 6.90. The van der Waals surface area contributed by atoms with E-state index in [2.05, 4.69) is 172 Å². The van der Waals surface area contributed by atoms with Crippen LogP contribution in [0, 0.1) is 13.8 Å². The topological polar surface area (TPSA) is 51.6 Å². The fourth-order valence-electron chi connectivity index (χ4n) is 7.19. The molecule has 244 valence electrons. The van der Waals surface area contributed by atoms with Gasteiger partial charge in [0.05, 0.1) is 44.8 Å². The van der Waals surface area contributed by atoms with Crippen LogP contribution in [0.3, 0.4) is 0 Å². The SMILES string of the molecule is Cc1ccc(-c2ccc3ccc4ccc(-c5ccc6ccc(-c7ccc8ccc9ccc(-c%10ccc(C)cc%10)nc9c8n7)cc6c5)nc4c3n2)cc1. The molecule has 0 aliphatic carbocycles. The number of rotatable bonds is 4. The van der Waals surface area contributed by atoms with Crippen molar-refractivity contribution in [3.05, 3.63) is 169 Å². The van der Waals surface area contributed by atoms with Crippen molar-refractivity contribution in [2.24, 2.45) is 0 Å². The summed E-state index contributed by atoms with van der Waals surface area (Å²) in [5.41, 5.74) is 14.2. The smallest absolute Gasteiger partial charge is 0.0972 e. The molecule has 0 saturated carbocycles. The van der Waals surface area contributed by atoms with Gasteiger partial charge in [0.2, 0.25) is 0 Å². The van der Waals surface area contributed by atoms with Crippen LogP contribution in [0.4, 0.5) is 0 Å². The minimum Gasteiger partial charge on any atom is -0.245 e. The lowest BCUT2D eigenvalue weighted by atomic mass is 10.00. The van der Waals surface area contributed by atoms with Crippen LogP contribution in [0.1, 0.15) is 11.1 Å². The molecular weight excluding hydrogens is 633 g/mol. The van der Waals surface area contributed by atoms with Crippen molar-refractivity contribution in [2.75, 3.05) is 0 Å². The Morgan fingerprint density at radius 2 is 0.519 bits per heavy atom. The van der Waals surface area contributed by atoms with Crippen molar-refractivity contribution < 1.29 is 0 Å². The third kappa shape index (κ3) is 5.24. The van der Waals surface area contributed by atoms with Crippen molar-refractivity contribution in [1.29, 1.82) is 0 Å². The van der Waals surface area contributed by atoms with E-state index in [9.17, 15) is 0 Å². The van der Waals surface area contributed by atoms with Crippen LogP contribution in [0.25, 0.3) is 99.4 Å². The first-order valence-electron chi connectivity index (χ1n) is 17.6. The number of fused-ring (bicyclic) bond motifs is 7. The second-order valence-corrected chi connectivity index (χ2v) is 13.7. The van der Waals surface area contributed by atoms with E-state index in [4.69, 9.17) is 19.9 Å². The predicted molar refractivity (Wildman–Crippen MR) is 216 cm³/mol. The molecule has 10 aromatic rings. The van der Waals surface area contributed by atoms with Crippen LogP contribution in [-0.4, -0.2) is 19.9 Å². The minimum atomic E-state index is 0.907. The van der Waals surface area contributed by atoms with E-state index in [1.165, 1.54) is 16.5 Å². The fraction of sp³-hybridized carbons (Fsp3) is 0.0417. The van der Waals surface area contributed by atoms with E-state index in [0.29, 0.717) is 0 Å². The van der Waals surface area contributed by atoms with Crippen LogP contribution in [0.5, 0.6) is 0 Å². The molecule has 52 heavy (non-hydrogen) atoms. The lowest BCUT2D eigenvalue weighted by Gasteiger charge is -2.10. The predicted octanol–water partition coefficient (Wildman–Crippen LogP) is 12.3. The van der Waals surface area contributed by atoms with Gasteiger partial charge in [0.25, 0.3) is 0 Å². The maximum Gasteiger partial charge on any atom is 0.0972 e. The van der Waals surface area contributed by atoms with Crippen molar-refractivity contribution >= 4 is 54.4 Å². The van der Waals surface area contributed by atoms with Gasteiger partial charge in [0.15, 0.2) is 0 Å². The Hall–Kier alpha value is -6.78. The normalized spacial score (nSPS) is 11.7. The van der Waals surface area contributed by atoms with Gasteiger partial charge in [-0.25, -0.2) is 19.9 Å². The molecule has 4 heterocycles. The summed E-state index contributed by atoms with van der Waals surface area (Å²) in [5, 5.41) is 6.60. The fourth-order valence-corrected chi connectivity index (χ4v) is 7.19. The lowest BCUT2D eigenvalue weighted by molar-refractivity contribution is 1.36. The molecule has 0 bridgehead atoms. The molecule has 0 spiro atoms. The first-order valence-corrected chi connectivity index (χ1v) is 17.6. The van der Waals surface area contributed by atoms with E-state index in [1.54, 1.807) is 0 Å². The van der Waals surface area contributed by atoms with Gasteiger partial charge in [-0.2, -0.15) is 0 Å².